The Morgan fingerprint density at radius 1 is 1.43 bits per heavy atom. The lowest BCUT2D eigenvalue weighted by molar-refractivity contribution is 0.282. The van der Waals surface area contributed by atoms with Crippen LogP contribution in [0.3, 0.4) is 0 Å². The molecule has 0 radical (unpaired) electrons. The fraction of sp³-hybridized carbons (Fsp3) is 0.333. The van der Waals surface area contributed by atoms with Crippen molar-refractivity contribution in [3.05, 3.63) is 41.0 Å². The number of allylic oxidation sites excluding steroid dienone is 1. The van der Waals surface area contributed by atoms with Crippen LogP contribution in [-0.2, 0) is 6.61 Å². The van der Waals surface area contributed by atoms with Crippen molar-refractivity contribution in [2.75, 3.05) is 5.75 Å². The zero-order valence-electron chi connectivity index (χ0n) is 8.40. The fourth-order valence-electron chi connectivity index (χ4n) is 1.31. The van der Waals surface area contributed by atoms with Gasteiger partial charge >= 0.3 is 0 Å². The van der Waals surface area contributed by atoms with Crippen LogP contribution in [0.2, 0.25) is 0 Å². The van der Waals surface area contributed by atoms with Crippen LogP contribution in [0.25, 0.3) is 6.08 Å². The van der Waals surface area contributed by atoms with Crippen molar-refractivity contribution in [3.8, 4) is 0 Å². The third-order valence-electron chi connectivity index (χ3n) is 2.11. The number of rotatable bonds is 4. The van der Waals surface area contributed by atoms with Crippen molar-refractivity contribution in [1.82, 2.24) is 0 Å². The molecule has 0 saturated heterocycles. The Morgan fingerprint density at radius 3 is 2.79 bits per heavy atom. The maximum atomic E-state index is 8.94. The summed E-state index contributed by atoms with van der Waals surface area (Å²) in [5, 5.41) is 8.94. The van der Waals surface area contributed by atoms with Crippen LogP contribution >= 0.6 is 12.6 Å². The molecule has 0 fully saturated rings. The summed E-state index contributed by atoms with van der Waals surface area (Å²) in [5.74, 6) is 0.879. The second kappa shape index (κ2) is 5.89. The fourth-order valence-corrected chi connectivity index (χ4v) is 1.46. The van der Waals surface area contributed by atoms with E-state index in [1.165, 1.54) is 11.1 Å². The molecule has 0 unspecified atom stereocenters. The van der Waals surface area contributed by atoms with E-state index in [0.29, 0.717) is 0 Å². The van der Waals surface area contributed by atoms with E-state index < -0.39 is 0 Å². The first-order chi connectivity index (χ1) is 6.77. The Labute approximate surface area is 90.9 Å². The molecular formula is C12H16OS. The molecule has 0 aromatic heterocycles. The predicted octanol–water partition coefficient (Wildman–Crippen LogP) is 2.82. The van der Waals surface area contributed by atoms with E-state index in [-0.39, 0.29) is 6.61 Å². The second-order valence-electron chi connectivity index (χ2n) is 3.26. The third-order valence-corrected chi connectivity index (χ3v) is 2.37. The van der Waals surface area contributed by atoms with Gasteiger partial charge in [0.2, 0.25) is 0 Å². The molecule has 0 bridgehead atoms. The molecule has 0 spiro atoms. The maximum Gasteiger partial charge on any atom is 0.0681 e. The van der Waals surface area contributed by atoms with Crippen LogP contribution in [0, 0.1) is 6.92 Å². The Balaban J connectivity index is 2.78. The summed E-state index contributed by atoms with van der Waals surface area (Å²) in [4.78, 5) is 0. The van der Waals surface area contributed by atoms with Gasteiger partial charge in [-0.2, -0.15) is 12.6 Å². The lowest BCUT2D eigenvalue weighted by Crippen LogP contribution is -1.86. The van der Waals surface area contributed by atoms with Gasteiger partial charge in [-0.3, -0.25) is 0 Å². The van der Waals surface area contributed by atoms with Gasteiger partial charge in [-0.25, -0.2) is 0 Å². The number of aryl methyl sites for hydroxylation is 1. The summed E-state index contributed by atoms with van der Waals surface area (Å²) >= 11 is 4.14. The van der Waals surface area contributed by atoms with Crippen LogP contribution in [0.1, 0.15) is 23.1 Å². The van der Waals surface area contributed by atoms with Crippen molar-refractivity contribution < 1.29 is 5.11 Å². The van der Waals surface area contributed by atoms with Crippen LogP contribution in [-0.4, -0.2) is 10.9 Å². The number of hydrogen-bond donors (Lipinski definition) is 2. The van der Waals surface area contributed by atoms with Crippen molar-refractivity contribution in [2.45, 2.75) is 20.0 Å². The summed E-state index contributed by atoms with van der Waals surface area (Å²) < 4.78 is 0. The molecule has 0 aliphatic carbocycles. The Kier molecular flexibility index (Phi) is 4.77. The van der Waals surface area contributed by atoms with Gasteiger partial charge in [0.25, 0.3) is 0 Å². The van der Waals surface area contributed by atoms with E-state index in [4.69, 9.17) is 5.11 Å². The zero-order valence-corrected chi connectivity index (χ0v) is 9.30. The SMILES string of the molecule is Cc1cc(CO)ccc1C=CCCS. The lowest BCUT2D eigenvalue weighted by Gasteiger charge is -2.02. The highest BCUT2D eigenvalue weighted by Crippen LogP contribution is 2.13. The number of thiol groups is 1. The smallest absolute Gasteiger partial charge is 0.0681 e. The maximum absolute atomic E-state index is 8.94. The van der Waals surface area contributed by atoms with E-state index >= 15 is 0 Å². The predicted molar refractivity (Wildman–Crippen MR) is 64.6 cm³/mol. The Hall–Kier alpha value is -0.730. The van der Waals surface area contributed by atoms with Gasteiger partial charge in [0.1, 0.15) is 0 Å². The molecule has 1 aromatic carbocycles. The highest BCUT2D eigenvalue weighted by Gasteiger charge is 1.95. The highest BCUT2D eigenvalue weighted by molar-refractivity contribution is 7.80. The Morgan fingerprint density at radius 2 is 2.21 bits per heavy atom. The molecule has 0 aliphatic heterocycles. The lowest BCUT2D eigenvalue weighted by atomic mass is 10.0. The molecular weight excluding hydrogens is 192 g/mol. The van der Waals surface area contributed by atoms with Gasteiger partial charge in [0, 0.05) is 0 Å². The minimum absolute atomic E-state index is 0.113. The van der Waals surface area contributed by atoms with Crippen LogP contribution < -0.4 is 0 Å². The van der Waals surface area contributed by atoms with E-state index in [1.54, 1.807) is 0 Å². The van der Waals surface area contributed by atoms with Gasteiger partial charge in [0.15, 0.2) is 0 Å². The summed E-state index contributed by atoms with van der Waals surface area (Å²) in [6, 6.07) is 6.00. The van der Waals surface area contributed by atoms with Crippen molar-refractivity contribution in [2.24, 2.45) is 0 Å². The molecule has 1 rings (SSSR count). The van der Waals surface area contributed by atoms with E-state index in [9.17, 15) is 0 Å². The summed E-state index contributed by atoms with van der Waals surface area (Å²) in [5.41, 5.74) is 3.38. The monoisotopic (exact) mass is 208 g/mol. The number of aliphatic hydroxyl groups is 1. The number of benzene rings is 1. The summed E-state index contributed by atoms with van der Waals surface area (Å²) in [7, 11) is 0. The van der Waals surface area contributed by atoms with Gasteiger partial charge in [-0.1, -0.05) is 30.4 Å². The average Bonchev–Trinajstić information content (AvgIpc) is 2.20. The first kappa shape index (κ1) is 11.3. The molecule has 2 heteroatoms. The van der Waals surface area contributed by atoms with Crippen molar-refractivity contribution in [3.63, 3.8) is 0 Å². The molecule has 1 N–H and O–H groups in total. The number of aliphatic hydroxyl groups excluding tert-OH is 1. The van der Waals surface area contributed by atoms with Gasteiger partial charge < -0.3 is 5.11 Å². The average molecular weight is 208 g/mol. The molecule has 0 atom stereocenters. The van der Waals surface area contributed by atoms with Gasteiger partial charge in [-0.15, -0.1) is 0 Å². The van der Waals surface area contributed by atoms with Crippen LogP contribution in [0.15, 0.2) is 24.3 Å². The molecule has 14 heavy (non-hydrogen) atoms. The highest BCUT2D eigenvalue weighted by atomic mass is 32.1. The minimum atomic E-state index is 0.113. The first-order valence-corrected chi connectivity index (χ1v) is 5.39. The second-order valence-corrected chi connectivity index (χ2v) is 3.71. The first-order valence-electron chi connectivity index (χ1n) is 4.75. The van der Waals surface area contributed by atoms with E-state index in [1.807, 2.05) is 18.2 Å². The largest absolute Gasteiger partial charge is 0.392 e. The normalized spacial score (nSPS) is 11.1. The molecule has 1 aromatic rings. The standard InChI is InChI=1S/C12H16OS/c1-10-8-11(9-13)5-6-12(10)4-2-3-7-14/h2,4-6,8,13-14H,3,7,9H2,1H3. The molecule has 0 aliphatic rings. The van der Waals surface area contributed by atoms with Gasteiger partial charge in [-0.05, 0) is 35.8 Å². The molecule has 0 amide bonds. The van der Waals surface area contributed by atoms with Crippen molar-refractivity contribution >= 4 is 18.7 Å². The zero-order chi connectivity index (χ0) is 10.4. The third kappa shape index (κ3) is 3.20. The quantitative estimate of drug-likeness (QED) is 0.729. The van der Waals surface area contributed by atoms with E-state index in [0.717, 1.165) is 17.7 Å². The molecule has 0 heterocycles. The van der Waals surface area contributed by atoms with Crippen molar-refractivity contribution in [1.29, 1.82) is 0 Å². The number of hydrogen-bond acceptors (Lipinski definition) is 2. The van der Waals surface area contributed by atoms with Crippen LogP contribution in [0.5, 0.6) is 0 Å². The summed E-state index contributed by atoms with van der Waals surface area (Å²) in [6.45, 7) is 2.17. The molecule has 1 nitrogen and oxygen atoms in total. The molecule has 0 saturated carbocycles. The topological polar surface area (TPSA) is 20.2 Å². The van der Waals surface area contributed by atoms with Gasteiger partial charge in [0.05, 0.1) is 6.61 Å². The Bertz CT molecular complexity index is 318. The van der Waals surface area contributed by atoms with Crippen LogP contribution in [0.4, 0.5) is 0 Å². The minimum Gasteiger partial charge on any atom is -0.392 e. The van der Waals surface area contributed by atoms with E-state index in [2.05, 4.69) is 31.7 Å². The molecule has 76 valence electrons. The summed E-state index contributed by atoms with van der Waals surface area (Å²) in [6.07, 6.45) is 5.21.